The van der Waals surface area contributed by atoms with Gasteiger partial charge in [0.1, 0.15) is 0 Å². The molecule has 0 N–H and O–H groups in total. The van der Waals surface area contributed by atoms with E-state index in [2.05, 4.69) is 13.0 Å². The summed E-state index contributed by atoms with van der Waals surface area (Å²) in [5, 5.41) is 8.25. The van der Waals surface area contributed by atoms with Crippen molar-refractivity contribution in [2.45, 2.75) is 26.2 Å². The van der Waals surface area contributed by atoms with Crippen LogP contribution in [0.4, 0.5) is 0 Å². The third kappa shape index (κ3) is 1.23. The van der Waals surface area contributed by atoms with Crippen molar-refractivity contribution in [1.29, 1.82) is 5.26 Å². The van der Waals surface area contributed by atoms with Crippen LogP contribution >= 0.6 is 0 Å². The first-order chi connectivity index (χ1) is 3.84. The zero-order valence-corrected chi connectivity index (χ0v) is 5.15. The standard InChI is InChI=1S/C7H10N/c1-6(4-5-8)7-2-3-7/h6H,2-4H2,1H3. The molecule has 1 radical (unpaired) electrons. The largest absolute Gasteiger partial charge is 0.198 e. The molecule has 1 rings (SSSR count). The summed E-state index contributed by atoms with van der Waals surface area (Å²) in [6, 6.07) is 2.17. The van der Waals surface area contributed by atoms with Gasteiger partial charge in [-0.05, 0) is 24.7 Å². The minimum Gasteiger partial charge on any atom is -0.198 e. The highest BCUT2D eigenvalue weighted by Gasteiger charge is 2.27. The van der Waals surface area contributed by atoms with Crippen LogP contribution in [0.15, 0.2) is 0 Å². The molecule has 0 heterocycles. The highest BCUT2D eigenvalue weighted by molar-refractivity contribution is 5.10. The lowest BCUT2D eigenvalue weighted by Gasteiger charge is -1.99. The Kier molecular flexibility index (Phi) is 1.53. The van der Waals surface area contributed by atoms with Crippen molar-refractivity contribution < 1.29 is 0 Å². The van der Waals surface area contributed by atoms with Gasteiger partial charge < -0.3 is 0 Å². The maximum Gasteiger partial charge on any atom is 0.0624 e. The molecule has 0 aromatic heterocycles. The van der Waals surface area contributed by atoms with Crippen LogP contribution in [0.1, 0.15) is 26.2 Å². The minimum absolute atomic E-state index is 0.583. The van der Waals surface area contributed by atoms with Gasteiger partial charge in [0.25, 0.3) is 0 Å². The molecule has 43 valence electrons. The van der Waals surface area contributed by atoms with Crippen LogP contribution in [0.2, 0.25) is 0 Å². The molecule has 0 spiro atoms. The van der Waals surface area contributed by atoms with Crippen LogP contribution in [0.5, 0.6) is 0 Å². The molecule has 1 heteroatoms. The number of nitrogens with zero attached hydrogens (tertiary/aromatic N) is 1. The molecule has 0 bridgehead atoms. The molecule has 1 fully saturated rings. The van der Waals surface area contributed by atoms with E-state index in [1.54, 1.807) is 5.92 Å². The topological polar surface area (TPSA) is 23.8 Å². The predicted molar refractivity (Wildman–Crippen MR) is 31.9 cm³/mol. The van der Waals surface area contributed by atoms with E-state index >= 15 is 0 Å². The monoisotopic (exact) mass is 108 g/mol. The van der Waals surface area contributed by atoms with E-state index in [1.807, 2.05) is 0 Å². The smallest absolute Gasteiger partial charge is 0.0624 e. The van der Waals surface area contributed by atoms with Crippen molar-refractivity contribution in [3.63, 3.8) is 0 Å². The summed E-state index contributed by atoms with van der Waals surface area (Å²) in [6.45, 7) is 2.13. The number of hydrogen-bond acceptors (Lipinski definition) is 1. The van der Waals surface area contributed by atoms with Gasteiger partial charge in [-0.25, -0.2) is 0 Å². The fourth-order valence-electron chi connectivity index (χ4n) is 0.846. The summed E-state index contributed by atoms with van der Waals surface area (Å²) >= 11 is 0. The highest BCUT2D eigenvalue weighted by atomic mass is 14.3. The van der Waals surface area contributed by atoms with Crippen LogP contribution in [0, 0.1) is 23.2 Å². The first kappa shape index (κ1) is 5.62. The number of rotatable bonds is 2. The Morgan fingerprint density at radius 3 is 2.75 bits per heavy atom. The molecular formula is C7H10N. The summed E-state index contributed by atoms with van der Waals surface area (Å²) in [4.78, 5) is 0. The maximum absolute atomic E-state index is 8.25. The van der Waals surface area contributed by atoms with E-state index in [1.165, 1.54) is 12.8 Å². The average Bonchev–Trinajstić information content (AvgIpc) is 2.45. The molecule has 1 nitrogen and oxygen atoms in total. The van der Waals surface area contributed by atoms with Crippen molar-refractivity contribution >= 4 is 0 Å². The van der Waals surface area contributed by atoms with Gasteiger partial charge in [0, 0.05) is 6.42 Å². The van der Waals surface area contributed by atoms with Crippen LogP contribution in [-0.2, 0) is 0 Å². The molecule has 0 aromatic carbocycles. The quantitative estimate of drug-likeness (QED) is 0.530. The van der Waals surface area contributed by atoms with E-state index in [0.717, 1.165) is 6.42 Å². The molecule has 0 aromatic rings. The van der Waals surface area contributed by atoms with Gasteiger partial charge in [-0.3, -0.25) is 0 Å². The van der Waals surface area contributed by atoms with E-state index in [4.69, 9.17) is 5.26 Å². The van der Waals surface area contributed by atoms with Crippen LogP contribution in [0.3, 0.4) is 0 Å². The molecule has 8 heavy (non-hydrogen) atoms. The van der Waals surface area contributed by atoms with Gasteiger partial charge >= 0.3 is 0 Å². The third-order valence-corrected chi connectivity index (χ3v) is 1.63. The molecule has 1 unspecified atom stereocenters. The molecule has 0 saturated heterocycles. The van der Waals surface area contributed by atoms with Crippen LogP contribution < -0.4 is 0 Å². The summed E-state index contributed by atoms with van der Waals surface area (Å²) in [7, 11) is 0. The van der Waals surface area contributed by atoms with Gasteiger partial charge in [-0.2, -0.15) is 5.26 Å². The predicted octanol–water partition coefficient (Wildman–Crippen LogP) is 1.90. The molecule has 1 aliphatic rings. The van der Waals surface area contributed by atoms with E-state index in [0.29, 0.717) is 5.92 Å². The van der Waals surface area contributed by atoms with Gasteiger partial charge in [0.05, 0.1) is 6.07 Å². The van der Waals surface area contributed by atoms with Crippen molar-refractivity contribution in [2.24, 2.45) is 5.92 Å². The normalized spacial score (nSPS) is 22.0. The molecule has 1 saturated carbocycles. The second kappa shape index (κ2) is 2.17. The Hall–Kier alpha value is -0.510. The Bertz CT molecular complexity index is 108. The molecule has 1 aliphatic carbocycles. The second-order valence-corrected chi connectivity index (χ2v) is 2.42. The summed E-state index contributed by atoms with van der Waals surface area (Å²) in [6.07, 6.45) is 3.28. The van der Waals surface area contributed by atoms with Gasteiger partial charge in [0.15, 0.2) is 0 Å². The van der Waals surface area contributed by atoms with E-state index < -0.39 is 0 Å². The number of hydrogen-bond donors (Lipinski definition) is 0. The van der Waals surface area contributed by atoms with Gasteiger partial charge in [-0.15, -0.1) is 0 Å². The van der Waals surface area contributed by atoms with Gasteiger partial charge in [0.2, 0.25) is 0 Å². The van der Waals surface area contributed by atoms with Crippen molar-refractivity contribution in [2.75, 3.05) is 0 Å². The molecular weight excluding hydrogens is 98.1 g/mol. The zero-order valence-electron chi connectivity index (χ0n) is 5.15. The zero-order chi connectivity index (χ0) is 5.98. The Morgan fingerprint density at radius 1 is 1.75 bits per heavy atom. The Morgan fingerprint density at radius 2 is 2.38 bits per heavy atom. The lowest BCUT2D eigenvalue weighted by Crippen LogP contribution is -1.91. The maximum atomic E-state index is 8.25. The Labute approximate surface area is 50.3 Å². The first-order valence-electron chi connectivity index (χ1n) is 3.06. The lowest BCUT2D eigenvalue weighted by molar-refractivity contribution is 0.676. The van der Waals surface area contributed by atoms with Crippen LogP contribution in [-0.4, -0.2) is 0 Å². The fourth-order valence-corrected chi connectivity index (χ4v) is 0.846. The van der Waals surface area contributed by atoms with Crippen LogP contribution in [0.25, 0.3) is 0 Å². The Balaban J connectivity index is 2.15. The van der Waals surface area contributed by atoms with Crippen molar-refractivity contribution in [1.82, 2.24) is 0 Å². The van der Waals surface area contributed by atoms with Gasteiger partial charge in [-0.1, -0.05) is 6.92 Å². The molecule has 0 aliphatic heterocycles. The summed E-state index contributed by atoms with van der Waals surface area (Å²) in [5.41, 5.74) is 0. The van der Waals surface area contributed by atoms with Crippen molar-refractivity contribution in [3.05, 3.63) is 5.92 Å². The highest BCUT2D eigenvalue weighted by Crippen LogP contribution is 2.40. The number of nitriles is 1. The first-order valence-corrected chi connectivity index (χ1v) is 3.06. The van der Waals surface area contributed by atoms with E-state index in [-0.39, 0.29) is 0 Å². The minimum atomic E-state index is 0.583. The third-order valence-electron chi connectivity index (χ3n) is 1.63. The average molecular weight is 108 g/mol. The van der Waals surface area contributed by atoms with Crippen molar-refractivity contribution in [3.8, 4) is 6.07 Å². The molecule has 0 amide bonds. The second-order valence-electron chi connectivity index (χ2n) is 2.42. The SMILES string of the molecule is CC(CC#N)[C]1CC1. The lowest BCUT2D eigenvalue weighted by atomic mass is 10.0. The fraction of sp³-hybridized carbons (Fsp3) is 0.714. The summed E-state index contributed by atoms with van der Waals surface area (Å²) < 4.78 is 0. The van der Waals surface area contributed by atoms with E-state index in [9.17, 15) is 0 Å². The molecule has 1 atom stereocenters. The summed E-state index contributed by atoms with van der Waals surface area (Å²) in [5.74, 6) is 2.17.